The van der Waals surface area contributed by atoms with Crippen molar-refractivity contribution < 1.29 is 19.4 Å². The number of hydrogen-bond donors (Lipinski definition) is 1. The summed E-state index contributed by atoms with van der Waals surface area (Å²) in [6, 6.07) is 6.41. The first-order chi connectivity index (χ1) is 7.70. The minimum Gasteiger partial charge on any atom is -0.508 e. The highest BCUT2D eigenvalue weighted by atomic mass is 16.6. The minimum absolute atomic E-state index is 0.171. The summed E-state index contributed by atoms with van der Waals surface area (Å²) in [5.74, 6) is 0.171. The van der Waals surface area contributed by atoms with Crippen LogP contribution in [0.5, 0.6) is 5.75 Å². The Morgan fingerprint density at radius 3 is 2.81 bits per heavy atom. The maximum absolute atomic E-state index is 11.5. The van der Waals surface area contributed by atoms with Gasteiger partial charge in [-0.1, -0.05) is 0 Å². The van der Waals surface area contributed by atoms with Crippen molar-refractivity contribution in [2.45, 2.75) is 6.10 Å². The van der Waals surface area contributed by atoms with Gasteiger partial charge in [0.1, 0.15) is 11.9 Å². The van der Waals surface area contributed by atoms with Gasteiger partial charge in [0.15, 0.2) is 0 Å². The smallest absolute Gasteiger partial charge is 0.414 e. The zero-order valence-electron chi connectivity index (χ0n) is 8.92. The maximum Gasteiger partial charge on any atom is 0.414 e. The van der Waals surface area contributed by atoms with E-state index in [0.29, 0.717) is 18.8 Å². The molecule has 0 spiro atoms. The Bertz CT molecular complexity index is 376. The fraction of sp³-hybridized carbons (Fsp3) is 0.364. The maximum atomic E-state index is 11.5. The molecule has 2 rings (SSSR count). The van der Waals surface area contributed by atoms with Crippen LogP contribution in [0.3, 0.4) is 0 Å². The number of methoxy groups -OCH3 is 1. The van der Waals surface area contributed by atoms with Crippen LogP contribution in [0.4, 0.5) is 10.5 Å². The van der Waals surface area contributed by atoms with Crippen molar-refractivity contribution in [1.29, 1.82) is 0 Å². The number of ether oxygens (including phenoxy) is 2. The van der Waals surface area contributed by atoms with Gasteiger partial charge in [0.25, 0.3) is 0 Å². The molecule has 0 aliphatic carbocycles. The van der Waals surface area contributed by atoms with E-state index >= 15 is 0 Å². The highest BCUT2D eigenvalue weighted by Gasteiger charge is 2.32. The number of amides is 1. The molecule has 1 N–H and O–H groups in total. The lowest BCUT2D eigenvalue weighted by Gasteiger charge is -2.12. The Labute approximate surface area is 93.2 Å². The molecular weight excluding hydrogens is 210 g/mol. The molecule has 16 heavy (non-hydrogen) atoms. The number of aromatic hydroxyl groups is 1. The summed E-state index contributed by atoms with van der Waals surface area (Å²) >= 11 is 0. The Morgan fingerprint density at radius 2 is 2.19 bits per heavy atom. The molecule has 1 saturated heterocycles. The van der Waals surface area contributed by atoms with Gasteiger partial charge in [0, 0.05) is 12.8 Å². The van der Waals surface area contributed by atoms with E-state index in [1.807, 2.05) is 0 Å². The third-order valence-electron chi connectivity index (χ3n) is 2.39. The number of phenolic OH excluding ortho intramolecular Hbond substituents is 1. The number of rotatable bonds is 3. The summed E-state index contributed by atoms with van der Waals surface area (Å²) in [6.07, 6.45) is -0.612. The van der Waals surface area contributed by atoms with Crippen molar-refractivity contribution in [2.24, 2.45) is 0 Å². The number of hydrogen-bond acceptors (Lipinski definition) is 4. The predicted octanol–water partition coefficient (Wildman–Crippen LogP) is 1.36. The van der Waals surface area contributed by atoms with E-state index in [4.69, 9.17) is 14.6 Å². The van der Waals surface area contributed by atoms with Crippen molar-refractivity contribution in [3.8, 4) is 5.75 Å². The normalized spacial score (nSPS) is 19.9. The largest absolute Gasteiger partial charge is 0.508 e. The highest BCUT2D eigenvalue weighted by Crippen LogP contribution is 2.23. The molecule has 1 atom stereocenters. The van der Waals surface area contributed by atoms with Crippen LogP contribution in [0.2, 0.25) is 0 Å². The monoisotopic (exact) mass is 223 g/mol. The molecule has 1 aliphatic rings. The van der Waals surface area contributed by atoms with Gasteiger partial charge >= 0.3 is 6.09 Å². The number of carbonyl (C=O) groups is 1. The lowest BCUT2D eigenvalue weighted by atomic mass is 10.2. The van der Waals surface area contributed by atoms with Gasteiger partial charge in [-0.25, -0.2) is 4.79 Å². The summed E-state index contributed by atoms with van der Waals surface area (Å²) in [6.45, 7) is 0.859. The quantitative estimate of drug-likeness (QED) is 0.840. The number of carbonyl (C=O) groups excluding carboxylic acids is 1. The van der Waals surface area contributed by atoms with Gasteiger partial charge in [0.05, 0.1) is 13.2 Å². The minimum atomic E-state index is -0.382. The number of anilines is 1. The average Bonchev–Trinajstić information content (AvgIpc) is 2.61. The molecule has 86 valence electrons. The Morgan fingerprint density at radius 1 is 1.50 bits per heavy atom. The topological polar surface area (TPSA) is 59.0 Å². The second-order valence-electron chi connectivity index (χ2n) is 3.59. The van der Waals surface area contributed by atoms with Gasteiger partial charge in [-0.3, -0.25) is 4.90 Å². The van der Waals surface area contributed by atoms with Crippen molar-refractivity contribution in [3.63, 3.8) is 0 Å². The molecule has 0 saturated carbocycles. The third kappa shape index (κ3) is 2.09. The summed E-state index contributed by atoms with van der Waals surface area (Å²) in [5, 5.41) is 9.15. The van der Waals surface area contributed by atoms with Crippen molar-refractivity contribution in [1.82, 2.24) is 0 Å². The van der Waals surface area contributed by atoms with Gasteiger partial charge in [0.2, 0.25) is 0 Å². The lowest BCUT2D eigenvalue weighted by Crippen LogP contribution is -2.25. The lowest BCUT2D eigenvalue weighted by molar-refractivity contribution is 0.0718. The molecule has 0 aromatic heterocycles. The summed E-state index contributed by atoms with van der Waals surface area (Å²) < 4.78 is 10.0. The number of nitrogens with zero attached hydrogens (tertiary/aromatic N) is 1. The molecule has 1 unspecified atom stereocenters. The van der Waals surface area contributed by atoms with Crippen molar-refractivity contribution >= 4 is 11.8 Å². The molecular formula is C11H13NO4. The Kier molecular flexibility index (Phi) is 2.96. The van der Waals surface area contributed by atoms with E-state index in [9.17, 15) is 4.79 Å². The van der Waals surface area contributed by atoms with Crippen LogP contribution in [0.25, 0.3) is 0 Å². The molecule has 5 heteroatoms. The van der Waals surface area contributed by atoms with E-state index < -0.39 is 0 Å². The first-order valence-electron chi connectivity index (χ1n) is 4.97. The second-order valence-corrected chi connectivity index (χ2v) is 3.59. The molecule has 5 nitrogen and oxygen atoms in total. The second kappa shape index (κ2) is 4.40. The average molecular weight is 223 g/mol. The van der Waals surface area contributed by atoms with Gasteiger partial charge in [-0.2, -0.15) is 0 Å². The van der Waals surface area contributed by atoms with Crippen LogP contribution < -0.4 is 4.90 Å². The van der Waals surface area contributed by atoms with E-state index in [1.54, 1.807) is 19.2 Å². The summed E-state index contributed by atoms with van der Waals surface area (Å²) in [5.41, 5.74) is 0.710. The standard InChI is InChI=1S/C11H13NO4/c1-15-7-10-6-12(11(14)16-10)8-2-4-9(13)5-3-8/h2-5,10,13H,6-7H2,1H3. The number of benzene rings is 1. The third-order valence-corrected chi connectivity index (χ3v) is 2.39. The van der Waals surface area contributed by atoms with E-state index in [2.05, 4.69) is 0 Å². The molecule has 1 aliphatic heterocycles. The van der Waals surface area contributed by atoms with Crippen LogP contribution in [-0.4, -0.2) is 37.6 Å². The zero-order chi connectivity index (χ0) is 11.5. The van der Waals surface area contributed by atoms with E-state index in [1.165, 1.54) is 17.0 Å². The Hall–Kier alpha value is -1.75. The SMILES string of the molecule is COCC1CN(c2ccc(O)cc2)C(=O)O1. The van der Waals surface area contributed by atoms with Crippen LogP contribution in [-0.2, 0) is 9.47 Å². The molecule has 1 amide bonds. The van der Waals surface area contributed by atoms with Crippen LogP contribution in [0, 0.1) is 0 Å². The molecule has 1 heterocycles. The van der Waals surface area contributed by atoms with Crippen LogP contribution in [0.1, 0.15) is 0 Å². The summed E-state index contributed by atoms with van der Waals surface area (Å²) in [7, 11) is 1.57. The molecule has 1 aromatic rings. The highest BCUT2D eigenvalue weighted by molar-refractivity contribution is 5.89. The van der Waals surface area contributed by atoms with Crippen molar-refractivity contribution in [2.75, 3.05) is 25.2 Å². The molecule has 0 bridgehead atoms. The number of cyclic esters (lactones) is 1. The van der Waals surface area contributed by atoms with Gasteiger partial charge < -0.3 is 14.6 Å². The van der Waals surface area contributed by atoms with Crippen LogP contribution >= 0.6 is 0 Å². The zero-order valence-corrected chi connectivity index (χ0v) is 8.92. The van der Waals surface area contributed by atoms with Crippen LogP contribution in [0.15, 0.2) is 24.3 Å². The number of phenols is 1. The van der Waals surface area contributed by atoms with E-state index in [0.717, 1.165) is 0 Å². The first-order valence-corrected chi connectivity index (χ1v) is 4.97. The summed E-state index contributed by atoms with van der Waals surface area (Å²) in [4.78, 5) is 13.0. The van der Waals surface area contributed by atoms with Gasteiger partial charge in [-0.15, -0.1) is 0 Å². The molecule has 0 radical (unpaired) electrons. The van der Waals surface area contributed by atoms with Gasteiger partial charge in [-0.05, 0) is 24.3 Å². The molecule has 1 fully saturated rings. The fourth-order valence-electron chi connectivity index (χ4n) is 1.64. The predicted molar refractivity (Wildman–Crippen MR) is 57.6 cm³/mol. The first kappa shape index (κ1) is 10.8. The molecule has 1 aromatic carbocycles. The Balaban J connectivity index is 2.10. The van der Waals surface area contributed by atoms with E-state index in [-0.39, 0.29) is 17.9 Å². The van der Waals surface area contributed by atoms with Crippen molar-refractivity contribution in [3.05, 3.63) is 24.3 Å². The fourth-order valence-corrected chi connectivity index (χ4v) is 1.64.